The summed E-state index contributed by atoms with van der Waals surface area (Å²) in [6.07, 6.45) is 5.40. The molecule has 0 bridgehead atoms. The largest absolute Gasteiger partial charge is 0.397 e. The molecule has 0 unspecified atom stereocenters. The molecule has 3 N–H and O–H groups in total. The Morgan fingerprint density at radius 1 is 1.22 bits per heavy atom. The van der Waals surface area contributed by atoms with E-state index in [0.29, 0.717) is 28.4 Å². The molecule has 3 nitrogen and oxygen atoms in total. The first-order valence-electron chi connectivity index (χ1n) is 6.27. The van der Waals surface area contributed by atoms with Crippen LogP contribution in [0.1, 0.15) is 25.7 Å². The Labute approximate surface area is 118 Å². The molecule has 0 aliphatic heterocycles. The van der Waals surface area contributed by atoms with Gasteiger partial charge in [0.1, 0.15) is 0 Å². The molecule has 2 rings (SSSR count). The molecule has 1 aromatic rings. The standard InChI is InChI=1S/C13H18Cl2N2O/c14-10-7-12(16)13(8-11(10)15)17-5-6-18-9-3-1-2-4-9/h7-9,17H,1-6,16H2. The van der Waals surface area contributed by atoms with Gasteiger partial charge in [0, 0.05) is 6.54 Å². The summed E-state index contributed by atoms with van der Waals surface area (Å²) in [6.45, 7) is 1.41. The van der Waals surface area contributed by atoms with Crippen LogP contribution >= 0.6 is 23.2 Å². The van der Waals surface area contributed by atoms with E-state index in [4.69, 9.17) is 33.7 Å². The number of anilines is 2. The number of halogens is 2. The van der Waals surface area contributed by atoms with Crippen molar-refractivity contribution in [3.63, 3.8) is 0 Å². The van der Waals surface area contributed by atoms with Crippen LogP contribution in [-0.4, -0.2) is 19.3 Å². The van der Waals surface area contributed by atoms with E-state index in [0.717, 1.165) is 12.2 Å². The molecule has 1 aliphatic rings. The van der Waals surface area contributed by atoms with Crippen LogP contribution in [0.5, 0.6) is 0 Å². The van der Waals surface area contributed by atoms with Gasteiger partial charge in [0.25, 0.3) is 0 Å². The minimum atomic E-state index is 0.443. The van der Waals surface area contributed by atoms with Crippen LogP contribution in [0.25, 0.3) is 0 Å². The third kappa shape index (κ3) is 3.67. The third-order valence-corrected chi connectivity index (χ3v) is 3.89. The first-order chi connectivity index (χ1) is 8.66. The minimum Gasteiger partial charge on any atom is -0.397 e. The average molecular weight is 289 g/mol. The molecule has 1 saturated carbocycles. The number of ether oxygens (including phenoxy) is 1. The molecule has 0 saturated heterocycles. The van der Waals surface area contributed by atoms with E-state index in [1.807, 2.05) is 0 Å². The van der Waals surface area contributed by atoms with Gasteiger partial charge in [-0.1, -0.05) is 36.0 Å². The summed E-state index contributed by atoms with van der Waals surface area (Å²) in [5.74, 6) is 0. The van der Waals surface area contributed by atoms with Gasteiger partial charge in [-0.15, -0.1) is 0 Å². The molecule has 100 valence electrons. The quantitative estimate of drug-likeness (QED) is 0.637. The van der Waals surface area contributed by atoms with Gasteiger partial charge < -0.3 is 15.8 Å². The Morgan fingerprint density at radius 3 is 2.61 bits per heavy atom. The molecule has 18 heavy (non-hydrogen) atoms. The predicted octanol–water partition coefficient (Wildman–Crippen LogP) is 3.95. The Bertz CT molecular complexity index is 406. The van der Waals surface area contributed by atoms with Gasteiger partial charge in [0.2, 0.25) is 0 Å². The summed E-state index contributed by atoms with van der Waals surface area (Å²) in [5.41, 5.74) is 7.26. The van der Waals surface area contributed by atoms with Crippen LogP contribution in [0.15, 0.2) is 12.1 Å². The lowest BCUT2D eigenvalue weighted by molar-refractivity contribution is 0.0659. The minimum absolute atomic E-state index is 0.443. The normalized spacial score (nSPS) is 16.1. The Hall–Kier alpha value is -0.640. The number of nitrogens with two attached hydrogens (primary N) is 1. The molecule has 0 radical (unpaired) electrons. The summed E-state index contributed by atoms with van der Waals surface area (Å²) < 4.78 is 5.76. The average Bonchev–Trinajstić information content (AvgIpc) is 2.84. The molecule has 1 aliphatic carbocycles. The number of nitrogen functional groups attached to an aromatic ring is 1. The highest BCUT2D eigenvalue weighted by Crippen LogP contribution is 2.30. The van der Waals surface area contributed by atoms with E-state index in [1.165, 1.54) is 25.7 Å². The lowest BCUT2D eigenvalue weighted by Crippen LogP contribution is -2.15. The van der Waals surface area contributed by atoms with E-state index in [-0.39, 0.29) is 0 Å². The van der Waals surface area contributed by atoms with Crippen molar-refractivity contribution in [2.75, 3.05) is 24.2 Å². The number of rotatable bonds is 5. The van der Waals surface area contributed by atoms with Crippen molar-refractivity contribution in [1.29, 1.82) is 0 Å². The topological polar surface area (TPSA) is 47.3 Å². The lowest BCUT2D eigenvalue weighted by Gasteiger charge is -2.13. The van der Waals surface area contributed by atoms with E-state index in [9.17, 15) is 0 Å². The molecule has 5 heteroatoms. The number of hydrogen-bond acceptors (Lipinski definition) is 3. The number of benzene rings is 1. The fraction of sp³-hybridized carbons (Fsp3) is 0.538. The Morgan fingerprint density at radius 2 is 1.89 bits per heavy atom. The molecule has 0 spiro atoms. The maximum atomic E-state index is 5.94. The van der Waals surface area contributed by atoms with Gasteiger partial charge in [-0.05, 0) is 25.0 Å². The smallest absolute Gasteiger partial charge is 0.0642 e. The van der Waals surface area contributed by atoms with Gasteiger partial charge in [0.05, 0.1) is 34.1 Å². The second kappa shape index (κ2) is 6.50. The van der Waals surface area contributed by atoms with Crippen LogP contribution in [0.3, 0.4) is 0 Å². The van der Waals surface area contributed by atoms with Crippen molar-refractivity contribution in [2.24, 2.45) is 0 Å². The molecule has 0 aromatic heterocycles. The van der Waals surface area contributed by atoms with Crippen molar-refractivity contribution in [1.82, 2.24) is 0 Å². The Kier molecular flexibility index (Phi) is 4.98. The molecule has 1 fully saturated rings. The molecule has 1 aromatic carbocycles. The lowest BCUT2D eigenvalue weighted by atomic mass is 10.2. The van der Waals surface area contributed by atoms with Crippen molar-refractivity contribution >= 4 is 34.6 Å². The molecular weight excluding hydrogens is 271 g/mol. The summed E-state index contributed by atoms with van der Waals surface area (Å²) in [6, 6.07) is 3.40. The molecule has 0 amide bonds. The van der Waals surface area contributed by atoms with Crippen molar-refractivity contribution in [2.45, 2.75) is 31.8 Å². The van der Waals surface area contributed by atoms with E-state index >= 15 is 0 Å². The van der Waals surface area contributed by atoms with Crippen LogP contribution in [0.4, 0.5) is 11.4 Å². The van der Waals surface area contributed by atoms with Gasteiger partial charge in [0.15, 0.2) is 0 Å². The monoisotopic (exact) mass is 288 g/mol. The first kappa shape index (κ1) is 13.8. The zero-order chi connectivity index (χ0) is 13.0. The molecule has 0 heterocycles. The van der Waals surface area contributed by atoms with Crippen molar-refractivity contribution in [3.8, 4) is 0 Å². The summed E-state index contributed by atoms with van der Waals surface area (Å²) in [7, 11) is 0. The Balaban J connectivity index is 1.77. The van der Waals surface area contributed by atoms with Crippen molar-refractivity contribution in [3.05, 3.63) is 22.2 Å². The summed E-state index contributed by atoms with van der Waals surface area (Å²) >= 11 is 11.8. The first-order valence-corrected chi connectivity index (χ1v) is 7.02. The van der Waals surface area contributed by atoms with Gasteiger partial charge >= 0.3 is 0 Å². The van der Waals surface area contributed by atoms with Crippen molar-refractivity contribution < 1.29 is 4.74 Å². The fourth-order valence-corrected chi connectivity index (χ4v) is 2.52. The molecular formula is C13H18Cl2N2O. The molecule has 0 atom stereocenters. The van der Waals surface area contributed by atoms with Crippen LogP contribution in [0, 0.1) is 0 Å². The number of hydrogen-bond donors (Lipinski definition) is 2. The SMILES string of the molecule is Nc1cc(Cl)c(Cl)cc1NCCOC1CCCC1. The summed E-state index contributed by atoms with van der Waals surface area (Å²) in [4.78, 5) is 0. The number of nitrogens with one attached hydrogen (secondary N) is 1. The summed E-state index contributed by atoms with van der Waals surface area (Å²) in [5, 5.41) is 4.19. The van der Waals surface area contributed by atoms with E-state index < -0.39 is 0 Å². The van der Waals surface area contributed by atoms with Crippen LogP contribution in [-0.2, 0) is 4.74 Å². The van der Waals surface area contributed by atoms with Crippen LogP contribution < -0.4 is 11.1 Å². The fourth-order valence-electron chi connectivity index (χ4n) is 2.18. The van der Waals surface area contributed by atoms with Crippen LogP contribution in [0.2, 0.25) is 10.0 Å². The zero-order valence-corrected chi connectivity index (χ0v) is 11.7. The second-order valence-corrected chi connectivity index (χ2v) is 5.37. The van der Waals surface area contributed by atoms with Gasteiger partial charge in [-0.2, -0.15) is 0 Å². The second-order valence-electron chi connectivity index (χ2n) is 4.56. The van der Waals surface area contributed by atoms with Gasteiger partial charge in [-0.3, -0.25) is 0 Å². The third-order valence-electron chi connectivity index (χ3n) is 3.17. The maximum absolute atomic E-state index is 5.94. The zero-order valence-electron chi connectivity index (χ0n) is 10.2. The predicted molar refractivity (Wildman–Crippen MR) is 77.6 cm³/mol. The highest BCUT2D eigenvalue weighted by Gasteiger charge is 2.14. The highest BCUT2D eigenvalue weighted by molar-refractivity contribution is 6.42. The van der Waals surface area contributed by atoms with E-state index in [2.05, 4.69) is 5.32 Å². The van der Waals surface area contributed by atoms with Gasteiger partial charge in [-0.25, -0.2) is 0 Å². The highest BCUT2D eigenvalue weighted by atomic mass is 35.5. The maximum Gasteiger partial charge on any atom is 0.0642 e. The van der Waals surface area contributed by atoms with E-state index in [1.54, 1.807) is 12.1 Å².